The van der Waals surface area contributed by atoms with Crippen LogP contribution in [0.5, 0.6) is 0 Å². The van der Waals surface area contributed by atoms with E-state index >= 15 is 0 Å². The lowest BCUT2D eigenvalue weighted by Gasteiger charge is -2.07. The zero-order valence-corrected chi connectivity index (χ0v) is 7.73. The number of carbonyl (C=O) groups is 1. The van der Waals surface area contributed by atoms with Crippen LogP contribution in [0.1, 0.15) is 16.8 Å². The quantitative estimate of drug-likeness (QED) is 0.617. The Labute approximate surface area is 82.2 Å². The predicted octanol–water partition coefficient (Wildman–Crippen LogP) is 1.18. The van der Waals surface area contributed by atoms with Gasteiger partial charge in [0.25, 0.3) is 0 Å². The standard InChI is InChI=1S/C10H13NO3/c12-7-3-6-11-9-5-2-1-4-8(9)10(13)14/h1-2,4-5,11-12H,3,6-7H2,(H,13,14). The number of hydrogen-bond acceptors (Lipinski definition) is 3. The van der Waals surface area contributed by atoms with E-state index < -0.39 is 5.97 Å². The molecule has 0 radical (unpaired) electrons. The minimum atomic E-state index is -0.947. The number of rotatable bonds is 5. The van der Waals surface area contributed by atoms with Crippen LogP contribution in [0, 0.1) is 0 Å². The first-order valence-electron chi connectivity index (χ1n) is 4.42. The number of nitrogens with one attached hydrogen (secondary N) is 1. The fourth-order valence-electron chi connectivity index (χ4n) is 1.13. The Hall–Kier alpha value is -1.55. The van der Waals surface area contributed by atoms with Crippen molar-refractivity contribution in [3.63, 3.8) is 0 Å². The number of aliphatic hydroxyl groups is 1. The highest BCUT2D eigenvalue weighted by molar-refractivity contribution is 5.94. The second-order valence-corrected chi connectivity index (χ2v) is 2.85. The molecule has 0 atom stereocenters. The average molecular weight is 195 g/mol. The summed E-state index contributed by atoms with van der Waals surface area (Å²) in [4.78, 5) is 10.8. The minimum Gasteiger partial charge on any atom is -0.478 e. The topological polar surface area (TPSA) is 69.6 Å². The van der Waals surface area contributed by atoms with Gasteiger partial charge >= 0.3 is 5.97 Å². The molecule has 14 heavy (non-hydrogen) atoms. The molecule has 4 heteroatoms. The van der Waals surface area contributed by atoms with Gasteiger partial charge in [0, 0.05) is 18.8 Å². The molecular formula is C10H13NO3. The highest BCUT2D eigenvalue weighted by Gasteiger charge is 2.07. The Kier molecular flexibility index (Phi) is 3.94. The molecule has 0 aliphatic carbocycles. The number of aliphatic hydroxyl groups excluding tert-OH is 1. The summed E-state index contributed by atoms with van der Waals surface area (Å²) in [6.07, 6.45) is 0.605. The Morgan fingerprint density at radius 1 is 1.36 bits per heavy atom. The lowest BCUT2D eigenvalue weighted by atomic mass is 10.2. The van der Waals surface area contributed by atoms with Crippen LogP contribution >= 0.6 is 0 Å². The molecule has 0 unspecified atom stereocenters. The number of para-hydroxylation sites is 1. The molecule has 1 aromatic rings. The van der Waals surface area contributed by atoms with Crippen LogP contribution < -0.4 is 5.32 Å². The molecule has 0 aliphatic rings. The van der Waals surface area contributed by atoms with E-state index in [0.717, 1.165) is 0 Å². The van der Waals surface area contributed by atoms with Gasteiger partial charge in [0.05, 0.1) is 5.56 Å². The Bertz CT molecular complexity index is 312. The zero-order valence-electron chi connectivity index (χ0n) is 7.73. The van der Waals surface area contributed by atoms with Gasteiger partial charge in [-0.15, -0.1) is 0 Å². The van der Waals surface area contributed by atoms with E-state index in [-0.39, 0.29) is 12.2 Å². The zero-order chi connectivity index (χ0) is 10.4. The van der Waals surface area contributed by atoms with Crippen molar-refractivity contribution in [2.45, 2.75) is 6.42 Å². The molecule has 76 valence electrons. The summed E-state index contributed by atoms with van der Waals surface area (Å²) in [7, 11) is 0. The van der Waals surface area contributed by atoms with Gasteiger partial charge in [0.1, 0.15) is 0 Å². The summed E-state index contributed by atoms with van der Waals surface area (Å²) in [6.45, 7) is 0.670. The van der Waals surface area contributed by atoms with E-state index in [2.05, 4.69) is 5.32 Å². The summed E-state index contributed by atoms with van der Waals surface area (Å²) in [5.74, 6) is -0.947. The minimum absolute atomic E-state index is 0.0994. The summed E-state index contributed by atoms with van der Waals surface area (Å²) >= 11 is 0. The molecule has 0 aliphatic heterocycles. The average Bonchev–Trinajstić information content (AvgIpc) is 2.19. The van der Waals surface area contributed by atoms with Gasteiger partial charge in [-0.2, -0.15) is 0 Å². The summed E-state index contributed by atoms with van der Waals surface area (Å²) < 4.78 is 0. The molecule has 0 fully saturated rings. The number of hydrogen-bond donors (Lipinski definition) is 3. The lowest BCUT2D eigenvalue weighted by molar-refractivity contribution is 0.0698. The van der Waals surface area contributed by atoms with Crippen molar-refractivity contribution in [3.8, 4) is 0 Å². The normalized spacial score (nSPS) is 9.79. The van der Waals surface area contributed by atoms with Crippen molar-refractivity contribution < 1.29 is 15.0 Å². The highest BCUT2D eigenvalue weighted by atomic mass is 16.4. The number of carboxylic acids is 1. The van der Waals surface area contributed by atoms with E-state index in [1.54, 1.807) is 24.3 Å². The largest absolute Gasteiger partial charge is 0.478 e. The van der Waals surface area contributed by atoms with Gasteiger partial charge in [0.15, 0.2) is 0 Å². The van der Waals surface area contributed by atoms with Crippen molar-refractivity contribution >= 4 is 11.7 Å². The number of carboxylic acid groups (broad SMARTS) is 1. The third-order valence-electron chi connectivity index (χ3n) is 1.81. The molecular weight excluding hydrogens is 182 g/mol. The third kappa shape index (κ3) is 2.74. The SMILES string of the molecule is O=C(O)c1ccccc1NCCCO. The number of benzene rings is 1. The van der Waals surface area contributed by atoms with Crippen LogP contribution in [0.4, 0.5) is 5.69 Å². The Balaban J connectivity index is 2.69. The van der Waals surface area contributed by atoms with Gasteiger partial charge in [-0.25, -0.2) is 4.79 Å². The molecule has 4 nitrogen and oxygen atoms in total. The Morgan fingerprint density at radius 3 is 2.71 bits per heavy atom. The molecule has 1 rings (SSSR count). The molecule has 3 N–H and O–H groups in total. The molecule has 0 amide bonds. The number of aromatic carboxylic acids is 1. The highest BCUT2D eigenvalue weighted by Crippen LogP contribution is 2.14. The maximum Gasteiger partial charge on any atom is 0.337 e. The van der Waals surface area contributed by atoms with Crippen molar-refractivity contribution in [2.75, 3.05) is 18.5 Å². The summed E-state index contributed by atoms with van der Waals surface area (Å²) in [6, 6.07) is 6.71. The number of anilines is 1. The molecule has 0 saturated carbocycles. The monoisotopic (exact) mass is 195 g/mol. The van der Waals surface area contributed by atoms with Crippen molar-refractivity contribution in [2.24, 2.45) is 0 Å². The van der Waals surface area contributed by atoms with Crippen molar-refractivity contribution in [3.05, 3.63) is 29.8 Å². The fraction of sp³-hybridized carbons (Fsp3) is 0.300. The molecule has 0 saturated heterocycles. The maximum absolute atomic E-state index is 10.8. The van der Waals surface area contributed by atoms with Crippen LogP contribution in [0.25, 0.3) is 0 Å². The predicted molar refractivity (Wildman–Crippen MR) is 53.6 cm³/mol. The third-order valence-corrected chi connectivity index (χ3v) is 1.81. The van der Waals surface area contributed by atoms with Gasteiger partial charge in [-0.1, -0.05) is 12.1 Å². The molecule has 0 spiro atoms. The van der Waals surface area contributed by atoms with Gasteiger partial charge in [-0.3, -0.25) is 0 Å². The van der Waals surface area contributed by atoms with Crippen LogP contribution in [0.2, 0.25) is 0 Å². The van der Waals surface area contributed by atoms with Crippen LogP contribution in [-0.4, -0.2) is 29.3 Å². The van der Waals surface area contributed by atoms with Gasteiger partial charge in [-0.05, 0) is 18.6 Å². The fourth-order valence-corrected chi connectivity index (χ4v) is 1.13. The first kappa shape index (κ1) is 10.5. The van der Waals surface area contributed by atoms with Gasteiger partial charge in [0.2, 0.25) is 0 Å². The first-order chi connectivity index (χ1) is 6.75. The van der Waals surface area contributed by atoms with Gasteiger partial charge < -0.3 is 15.5 Å². The smallest absolute Gasteiger partial charge is 0.337 e. The van der Waals surface area contributed by atoms with Crippen LogP contribution in [0.15, 0.2) is 24.3 Å². The van der Waals surface area contributed by atoms with Crippen LogP contribution in [-0.2, 0) is 0 Å². The maximum atomic E-state index is 10.8. The molecule has 0 bridgehead atoms. The summed E-state index contributed by atoms with van der Waals surface area (Å²) in [5.41, 5.74) is 0.846. The van der Waals surface area contributed by atoms with E-state index in [9.17, 15) is 4.79 Å². The van der Waals surface area contributed by atoms with E-state index in [0.29, 0.717) is 18.7 Å². The van der Waals surface area contributed by atoms with Crippen molar-refractivity contribution in [1.82, 2.24) is 0 Å². The second-order valence-electron chi connectivity index (χ2n) is 2.85. The molecule has 1 aromatic carbocycles. The Morgan fingerprint density at radius 2 is 2.07 bits per heavy atom. The van der Waals surface area contributed by atoms with Crippen molar-refractivity contribution in [1.29, 1.82) is 0 Å². The van der Waals surface area contributed by atoms with E-state index in [1.165, 1.54) is 0 Å². The van der Waals surface area contributed by atoms with E-state index in [1.807, 2.05) is 0 Å². The molecule has 0 heterocycles. The van der Waals surface area contributed by atoms with E-state index in [4.69, 9.17) is 10.2 Å². The van der Waals surface area contributed by atoms with Crippen LogP contribution in [0.3, 0.4) is 0 Å². The lowest BCUT2D eigenvalue weighted by Crippen LogP contribution is -2.08. The second kappa shape index (κ2) is 5.24. The first-order valence-corrected chi connectivity index (χ1v) is 4.42. The summed E-state index contributed by atoms with van der Waals surface area (Å²) in [5, 5.41) is 20.4. The molecule has 0 aromatic heterocycles.